The molecule has 0 atom stereocenters. The second-order valence-electron chi connectivity index (χ2n) is 6.58. The quantitative estimate of drug-likeness (QED) is 0.721. The first-order valence-electron chi connectivity index (χ1n) is 8.51. The van der Waals surface area contributed by atoms with Crippen LogP contribution in [-0.2, 0) is 6.54 Å². The number of carbonyl (C=O) groups is 1. The van der Waals surface area contributed by atoms with Crippen molar-refractivity contribution >= 4 is 47.7 Å². The van der Waals surface area contributed by atoms with Gasteiger partial charge in [0.1, 0.15) is 0 Å². The molecule has 1 fully saturated rings. The molecule has 0 aliphatic carbocycles. The summed E-state index contributed by atoms with van der Waals surface area (Å²) in [6, 6.07) is 9.79. The molecule has 144 valence electrons. The van der Waals surface area contributed by atoms with Gasteiger partial charge in [-0.2, -0.15) is 0 Å². The van der Waals surface area contributed by atoms with Gasteiger partial charge in [-0.05, 0) is 67.9 Å². The van der Waals surface area contributed by atoms with Crippen molar-refractivity contribution in [2.24, 2.45) is 5.92 Å². The minimum Gasteiger partial charge on any atom is -0.399 e. The summed E-state index contributed by atoms with van der Waals surface area (Å²) in [6.07, 6.45) is 2.28. The van der Waals surface area contributed by atoms with Crippen molar-refractivity contribution in [1.82, 2.24) is 10.2 Å². The monoisotopic (exact) mass is 415 g/mol. The van der Waals surface area contributed by atoms with Gasteiger partial charge >= 0.3 is 0 Å². The molecule has 26 heavy (non-hydrogen) atoms. The molecule has 1 amide bonds. The Bertz CT molecular complexity index is 686. The van der Waals surface area contributed by atoms with Gasteiger partial charge in [-0.25, -0.2) is 0 Å². The molecule has 1 aliphatic rings. The number of benzene rings is 1. The summed E-state index contributed by atoms with van der Waals surface area (Å²) < 4.78 is 0. The molecule has 4 nitrogen and oxygen atoms in total. The van der Waals surface area contributed by atoms with Crippen molar-refractivity contribution < 1.29 is 4.79 Å². The number of hydrogen-bond acceptors (Lipinski definition) is 4. The Morgan fingerprint density at radius 1 is 1.27 bits per heavy atom. The minimum atomic E-state index is -0.0131. The molecule has 0 spiro atoms. The number of halogens is 2. The topological polar surface area (TPSA) is 58.4 Å². The average molecular weight is 416 g/mol. The molecule has 1 aromatic carbocycles. The lowest BCUT2D eigenvalue weighted by molar-refractivity contribution is 0.0935. The van der Waals surface area contributed by atoms with Crippen LogP contribution in [0.5, 0.6) is 0 Å². The van der Waals surface area contributed by atoms with E-state index >= 15 is 0 Å². The molecule has 0 radical (unpaired) electrons. The number of rotatable bonds is 5. The molecule has 3 rings (SSSR count). The van der Waals surface area contributed by atoms with E-state index in [4.69, 9.17) is 5.73 Å². The van der Waals surface area contributed by atoms with Gasteiger partial charge in [0.05, 0.1) is 0 Å². The van der Waals surface area contributed by atoms with Crippen molar-refractivity contribution in [2.75, 3.05) is 25.4 Å². The van der Waals surface area contributed by atoms with E-state index < -0.39 is 0 Å². The minimum absolute atomic E-state index is 0. The van der Waals surface area contributed by atoms with Crippen LogP contribution in [0.15, 0.2) is 35.7 Å². The maximum Gasteiger partial charge on any atom is 0.251 e. The number of aryl methyl sites for hydroxylation is 1. The number of carbonyl (C=O) groups excluding carboxylic acids is 1. The molecule has 0 bridgehead atoms. The van der Waals surface area contributed by atoms with Crippen LogP contribution in [0.2, 0.25) is 0 Å². The van der Waals surface area contributed by atoms with Crippen LogP contribution in [0, 0.1) is 12.8 Å². The Labute approximate surface area is 172 Å². The Morgan fingerprint density at radius 2 is 2.00 bits per heavy atom. The Balaban J connectivity index is 0.00000169. The van der Waals surface area contributed by atoms with Crippen LogP contribution in [0.25, 0.3) is 0 Å². The maximum atomic E-state index is 12.4. The fourth-order valence-corrected chi connectivity index (χ4v) is 3.93. The van der Waals surface area contributed by atoms with Crippen LogP contribution in [0.3, 0.4) is 0 Å². The van der Waals surface area contributed by atoms with Crippen LogP contribution >= 0.6 is 36.2 Å². The lowest BCUT2D eigenvalue weighted by Crippen LogP contribution is -2.38. The number of hydrogen-bond donors (Lipinski definition) is 2. The number of nitrogens with two attached hydrogens (primary N) is 1. The number of nitrogen functional groups attached to an aromatic ring is 1. The number of piperidine rings is 1. The summed E-state index contributed by atoms with van der Waals surface area (Å²) in [4.78, 5) is 16.3. The first-order chi connectivity index (χ1) is 11.6. The SMILES string of the molecule is Cc1ccc(N)cc1C(=O)NCC1CCN(Cc2cccs2)CC1.Cl.Cl. The zero-order chi connectivity index (χ0) is 16.9. The fraction of sp³-hybridized carbons (Fsp3) is 0.421. The number of nitrogens with zero attached hydrogens (tertiary/aromatic N) is 1. The van der Waals surface area contributed by atoms with Crippen molar-refractivity contribution in [3.05, 3.63) is 51.7 Å². The highest BCUT2D eigenvalue weighted by Crippen LogP contribution is 2.20. The fourth-order valence-electron chi connectivity index (χ4n) is 3.19. The number of nitrogens with one attached hydrogen (secondary N) is 1. The lowest BCUT2D eigenvalue weighted by Gasteiger charge is -2.31. The van der Waals surface area contributed by atoms with Crippen molar-refractivity contribution in [3.63, 3.8) is 0 Å². The maximum absolute atomic E-state index is 12.4. The van der Waals surface area contributed by atoms with E-state index in [0.717, 1.165) is 44.6 Å². The number of thiophene rings is 1. The summed E-state index contributed by atoms with van der Waals surface area (Å²) in [6.45, 7) is 5.96. The van der Waals surface area contributed by atoms with Crippen molar-refractivity contribution in [3.8, 4) is 0 Å². The molecule has 1 aliphatic heterocycles. The molecule has 3 N–H and O–H groups in total. The van der Waals surface area contributed by atoms with Crippen LogP contribution in [0.4, 0.5) is 5.69 Å². The van der Waals surface area contributed by atoms with Crippen LogP contribution in [-0.4, -0.2) is 30.4 Å². The zero-order valence-corrected chi connectivity index (χ0v) is 17.4. The van der Waals surface area contributed by atoms with Gasteiger partial charge < -0.3 is 11.1 Å². The van der Waals surface area contributed by atoms with Gasteiger partial charge in [0, 0.05) is 29.2 Å². The third-order valence-corrected chi connectivity index (χ3v) is 5.59. The summed E-state index contributed by atoms with van der Waals surface area (Å²) in [7, 11) is 0. The third-order valence-electron chi connectivity index (χ3n) is 4.72. The second-order valence-corrected chi connectivity index (χ2v) is 7.62. The highest BCUT2D eigenvalue weighted by Gasteiger charge is 2.20. The largest absolute Gasteiger partial charge is 0.399 e. The van der Waals surface area contributed by atoms with E-state index in [1.165, 1.54) is 4.88 Å². The number of anilines is 1. The van der Waals surface area contributed by atoms with Gasteiger partial charge in [0.15, 0.2) is 0 Å². The first kappa shape index (κ1) is 22.8. The standard InChI is InChI=1S/C19H25N3OS.2ClH/c1-14-4-5-16(20)11-18(14)19(23)21-12-15-6-8-22(9-7-15)13-17-3-2-10-24-17;;/h2-5,10-11,15H,6-9,12-13,20H2,1H3,(H,21,23);2*1H. The molecular weight excluding hydrogens is 389 g/mol. The van der Waals surface area contributed by atoms with Gasteiger partial charge in [-0.1, -0.05) is 12.1 Å². The lowest BCUT2D eigenvalue weighted by atomic mass is 9.96. The highest BCUT2D eigenvalue weighted by molar-refractivity contribution is 7.09. The molecule has 1 aromatic heterocycles. The first-order valence-corrected chi connectivity index (χ1v) is 9.39. The van der Waals surface area contributed by atoms with Gasteiger partial charge in [-0.15, -0.1) is 36.2 Å². The molecule has 2 aromatic rings. The molecule has 0 saturated carbocycles. The Morgan fingerprint density at radius 3 is 2.65 bits per heavy atom. The smallest absolute Gasteiger partial charge is 0.251 e. The van der Waals surface area contributed by atoms with Crippen LogP contribution in [0.1, 0.15) is 33.6 Å². The molecular formula is C19H27Cl2N3OS. The average Bonchev–Trinajstić information content (AvgIpc) is 3.09. The number of amides is 1. The molecule has 2 heterocycles. The van der Waals surface area contributed by atoms with E-state index in [1.54, 1.807) is 6.07 Å². The van der Waals surface area contributed by atoms with E-state index in [0.29, 0.717) is 17.2 Å². The summed E-state index contributed by atoms with van der Waals surface area (Å²) in [5.41, 5.74) is 8.07. The number of likely N-dealkylation sites (tertiary alicyclic amines) is 1. The van der Waals surface area contributed by atoms with Crippen molar-refractivity contribution in [1.29, 1.82) is 0 Å². The van der Waals surface area contributed by atoms with Crippen LogP contribution < -0.4 is 11.1 Å². The predicted molar refractivity (Wildman–Crippen MR) is 115 cm³/mol. The summed E-state index contributed by atoms with van der Waals surface area (Å²) in [5, 5.41) is 5.22. The van der Waals surface area contributed by atoms with Gasteiger partial charge in [0.2, 0.25) is 0 Å². The van der Waals surface area contributed by atoms with E-state index in [1.807, 2.05) is 30.4 Å². The van der Waals surface area contributed by atoms with E-state index in [2.05, 4.69) is 27.7 Å². The highest BCUT2D eigenvalue weighted by atomic mass is 35.5. The van der Waals surface area contributed by atoms with Crippen molar-refractivity contribution in [2.45, 2.75) is 26.3 Å². The zero-order valence-electron chi connectivity index (χ0n) is 14.9. The molecule has 0 unspecified atom stereocenters. The normalized spacial score (nSPS) is 15.0. The van der Waals surface area contributed by atoms with E-state index in [-0.39, 0.29) is 30.7 Å². The second kappa shape index (κ2) is 10.8. The van der Waals surface area contributed by atoms with E-state index in [9.17, 15) is 4.79 Å². The Kier molecular flexibility index (Phi) is 9.44. The predicted octanol–water partition coefficient (Wildman–Crippen LogP) is 4.12. The summed E-state index contributed by atoms with van der Waals surface area (Å²) in [5.74, 6) is 0.552. The third kappa shape index (κ3) is 6.16. The Hall–Kier alpha value is -1.27. The summed E-state index contributed by atoms with van der Waals surface area (Å²) >= 11 is 1.82. The van der Waals surface area contributed by atoms with Gasteiger partial charge in [-0.3, -0.25) is 9.69 Å². The van der Waals surface area contributed by atoms with Gasteiger partial charge in [0.25, 0.3) is 5.91 Å². The molecule has 1 saturated heterocycles. The molecule has 7 heteroatoms.